The van der Waals surface area contributed by atoms with Crippen LogP contribution in [0.3, 0.4) is 0 Å². The molecule has 4 rings (SSSR count). The van der Waals surface area contributed by atoms with Crippen molar-refractivity contribution in [2.75, 3.05) is 18.0 Å². The van der Waals surface area contributed by atoms with Gasteiger partial charge in [-0.25, -0.2) is 9.97 Å². The molecular formula is C18H16Cl2N4O. The zero-order chi connectivity index (χ0) is 17.4. The van der Waals surface area contributed by atoms with E-state index in [9.17, 15) is 4.79 Å². The summed E-state index contributed by atoms with van der Waals surface area (Å²) in [5.74, 6) is 0.693. The first-order chi connectivity index (χ1) is 12.1. The Morgan fingerprint density at radius 1 is 1.00 bits per heavy atom. The lowest BCUT2D eigenvalue weighted by molar-refractivity contribution is 0.569. The van der Waals surface area contributed by atoms with Crippen LogP contribution in [-0.2, 0) is 0 Å². The molecule has 3 heterocycles. The lowest BCUT2D eigenvalue weighted by Crippen LogP contribution is -2.31. The van der Waals surface area contributed by atoms with E-state index in [1.54, 1.807) is 30.6 Å². The third-order valence-corrected chi connectivity index (χ3v) is 5.20. The summed E-state index contributed by atoms with van der Waals surface area (Å²) in [7, 11) is 0. The first kappa shape index (κ1) is 16.4. The van der Waals surface area contributed by atoms with E-state index in [4.69, 9.17) is 23.2 Å². The predicted octanol–water partition coefficient (Wildman–Crippen LogP) is 4.08. The first-order valence-electron chi connectivity index (χ1n) is 8.22. The van der Waals surface area contributed by atoms with Gasteiger partial charge < -0.3 is 4.90 Å². The molecule has 0 aliphatic carbocycles. The monoisotopic (exact) mass is 374 g/mol. The van der Waals surface area contributed by atoms with Crippen molar-refractivity contribution >= 4 is 40.1 Å². The van der Waals surface area contributed by atoms with Crippen LogP contribution in [0.2, 0.25) is 10.0 Å². The van der Waals surface area contributed by atoms with Gasteiger partial charge in [0, 0.05) is 25.5 Å². The minimum Gasteiger partial charge on any atom is -0.341 e. The van der Waals surface area contributed by atoms with E-state index in [1.807, 2.05) is 6.07 Å². The fraction of sp³-hybridized carbons (Fsp3) is 0.278. The van der Waals surface area contributed by atoms with Crippen LogP contribution in [0.5, 0.6) is 0 Å². The Bertz CT molecular complexity index is 996. The second-order valence-corrected chi connectivity index (χ2v) is 6.92. The Morgan fingerprint density at radius 2 is 1.80 bits per heavy atom. The quantitative estimate of drug-likeness (QED) is 0.677. The zero-order valence-electron chi connectivity index (χ0n) is 13.5. The van der Waals surface area contributed by atoms with Gasteiger partial charge in [-0.15, -0.1) is 0 Å². The van der Waals surface area contributed by atoms with Gasteiger partial charge in [0.25, 0.3) is 5.56 Å². The SMILES string of the molecule is O=c1c2cnc(N3CCCCC3)nc2ccn1-c1ccc(Cl)c(Cl)c1. The highest BCUT2D eigenvalue weighted by atomic mass is 35.5. The highest BCUT2D eigenvalue weighted by molar-refractivity contribution is 6.42. The van der Waals surface area contributed by atoms with Gasteiger partial charge >= 0.3 is 0 Å². The van der Waals surface area contributed by atoms with Crippen LogP contribution < -0.4 is 10.5 Å². The number of hydrogen-bond donors (Lipinski definition) is 0. The topological polar surface area (TPSA) is 51.0 Å². The van der Waals surface area contributed by atoms with E-state index in [1.165, 1.54) is 11.0 Å². The van der Waals surface area contributed by atoms with Gasteiger partial charge in [0.05, 0.1) is 26.6 Å². The second kappa shape index (κ2) is 6.65. The number of halogens is 2. The van der Waals surface area contributed by atoms with Gasteiger partial charge in [-0.05, 0) is 43.5 Å². The molecule has 1 aromatic carbocycles. The number of fused-ring (bicyclic) bond motifs is 1. The van der Waals surface area contributed by atoms with Crippen molar-refractivity contribution in [3.05, 3.63) is 57.1 Å². The zero-order valence-corrected chi connectivity index (χ0v) is 15.0. The Kier molecular flexibility index (Phi) is 4.36. The maximum atomic E-state index is 12.8. The number of anilines is 1. The van der Waals surface area contributed by atoms with E-state index >= 15 is 0 Å². The standard InChI is InChI=1S/C18H16Cl2N4O/c19-14-5-4-12(10-15(14)20)24-9-6-16-13(17(24)25)11-21-18(22-16)23-7-2-1-3-8-23/h4-6,9-11H,1-3,7-8H2. The van der Waals surface area contributed by atoms with E-state index in [-0.39, 0.29) is 5.56 Å². The van der Waals surface area contributed by atoms with E-state index in [0.717, 1.165) is 25.9 Å². The van der Waals surface area contributed by atoms with Gasteiger partial charge in [0.1, 0.15) is 0 Å². The summed E-state index contributed by atoms with van der Waals surface area (Å²) in [6.07, 6.45) is 6.87. The maximum absolute atomic E-state index is 12.8. The number of hydrogen-bond acceptors (Lipinski definition) is 4. The smallest absolute Gasteiger partial charge is 0.266 e. The van der Waals surface area contributed by atoms with Gasteiger partial charge in [0.2, 0.25) is 5.95 Å². The lowest BCUT2D eigenvalue weighted by Gasteiger charge is -2.26. The molecule has 0 atom stereocenters. The molecule has 128 valence electrons. The molecule has 3 aromatic rings. The molecular weight excluding hydrogens is 359 g/mol. The van der Waals surface area contributed by atoms with E-state index in [0.29, 0.717) is 32.6 Å². The van der Waals surface area contributed by atoms with Crippen LogP contribution in [0.15, 0.2) is 41.5 Å². The predicted molar refractivity (Wildman–Crippen MR) is 101 cm³/mol. The Morgan fingerprint density at radius 3 is 2.56 bits per heavy atom. The first-order valence-corrected chi connectivity index (χ1v) is 8.98. The Labute approximate surface area is 154 Å². The molecule has 0 N–H and O–H groups in total. The van der Waals surface area contributed by atoms with E-state index in [2.05, 4.69) is 14.9 Å². The number of rotatable bonds is 2. The minimum atomic E-state index is -0.180. The number of nitrogens with zero attached hydrogens (tertiary/aromatic N) is 4. The van der Waals surface area contributed by atoms with Crippen LogP contribution in [0.4, 0.5) is 5.95 Å². The summed E-state index contributed by atoms with van der Waals surface area (Å²) >= 11 is 12.0. The third-order valence-electron chi connectivity index (χ3n) is 4.46. The molecule has 1 aliphatic rings. The molecule has 0 bridgehead atoms. The second-order valence-electron chi connectivity index (χ2n) is 6.11. The van der Waals surface area contributed by atoms with Gasteiger partial charge in [-0.3, -0.25) is 9.36 Å². The number of piperidine rings is 1. The molecule has 0 unspecified atom stereocenters. The summed E-state index contributed by atoms with van der Waals surface area (Å²) in [5, 5.41) is 1.34. The average molecular weight is 375 g/mol. The molecule has 1 aliphatic heterocycles. The van der Waals surface area contributed by atoms with Crippen molar-refractivity contribution in [1.82, 2.24) is 14.5 Å². The Balaban J connectivity index is 1.77. The molecule has 0 saturated carbocycles. The molecule has 25 heavy (non-hydrogen) atoms. The van der Waals surface area contributed by atoms with Crippen LogP contribution in [0.1, 0.15) is 19.3 Å². The molecule has 0 spiro atoms. The van der Waals surface area contributed by atoms with Crippen LogP contribution in [0, 0.1) is 0 Å². The molecule has 2 aromatic heterocycles. The summed E-state index contributed by atoms with van der Waals surface area (Å²) in [5.41, 5.74) is 1.12. The molecule has 0 amide bonds. The van der Waals surface area contributed by atoms with Crippen molar-refractivity contribution in [1.29, 1.82) is 0 Å². The Hall–Kier alpha value is -2.11. The lowest BCUT2D eigenvalue weighted by atomic mass is 10.1. The largest absolute Gasteiger partial charge is 0.341 e. The maximum Gasteiger partial charge on any atom is 0.266 e. The molecule has 5 nitrogen and oxygen atoms in total. The molecule has 1 saturated heterocycles. The van der Waals surface area contributed by atoms with Crippen molar-refractivity contribution in [2.24, 2.45) is 0 Å². The average Bonchev–Trinajstić information content (AvgIpc) is 2.65. The number of aromatic nitrogens is 3. The normalized spacial score (nSPS) is 14.9. The molecule has 7 heteroatoms. The van der Waals surface area contributed by atoms with Crippen LogP contribution in [-0.4, -0.2) is 27.6 Å². The van der Waals surface area contributed by atoms with Crippen LogP contribution >= 0.6 is 23.2 Å². The van der Waals surface area contributed by atoms with E-state index < -0.39 is 0 Å². The van der Waals surface area contributed by atoms with Crippen molar-refractivity contribution < 1.29 is 0 Å². The van der Waals surface area contributed by atoms with Gasteiger partial charge in [0.15, 0.2) is 0 Å². The summed E-state index contributed by atoms with van der Waals surface area (Å²) in [6, 6.07) is 6.92. The van der Waals surface area contributed by atoms with Crippen molar-refractivity contribution in [2.45, 2.75) is 19.3 Å². The third kappa shape index (κ3) is 3.10. The van der Waals surface area contributed by atoms with Crippen molar-refractivity contribution in [3.63, 3.8) is 0 Å². The van der Waals surface area contributed by atoms with Crippen LogP contribution in [0.25, 0.3) is 16.6 Å². The van der Waals surface area contributed by atoms with Gasteiger partial charge in [-0.2, -0.15) is 0 Å². The highest BCUT2D eigenvalue weighted by Gasteiger charge is 2.15. The number of pyridine rings is 1. The fourth-order valence-electron chi connectivity index (χ4n) is 3.10. The molecule has 1 fully saturated rings. The van der Waals surface area contributed by atoms with Gasteiger partial charge in [-0.1, -0.05) is 23.2 Å². The number of benzene rings is 1. The summed E-state index contributed by atoms with van der Waals surface area (Å²) in [6.45, 7) is 1.93. The highest BCUT2D eigenvalue weighted by Crippen LogP contribution is 2.24. The van der Waals surface area contributed by atoms with Crippen molar-refractivity contribution in [3.8, 4) is 5.69 Å². The fourth-order valence-corrected chi connectivity index (χ4v) is 3.40. The summed E-state index contributed by atoms with van der Waals surface area (Å²) < 4.78 is 1.52. The minimum absolute atomic E-state index is 0.180. The molecule has 0 radical (unpaired) electrons. The summed E-state index contributed by atoms with van der Waals surface area (Å²) in [4.78, 5) is 24.0.